The van der Waals surface area contributed by atoms with E-state index in [1.165, 1.54) is 0 Å². The lowest BCUT2D eigenvalue weighted by Gasteiger charge is -2.16. The van der Waals surface area contributed by atoms with Crippen molar-refractivity contribution in [2.75, 3.05) is 13.2 Å². The zero-order valence-corrected chi connectivity index (χ0v) is 11.9. The van der Waals surface area contributed by atoms with Crippen LogP contribution in [0.25, 0.3) is 0 Å². The number of nitrogens with zero attached hydrogens (tertiary/aromatic N) is 1. The van der Waals surface area contributed by atoms with Gasteiger partial charge in [-0.2, -0.15) is 0 Å². The monoisotopic (exact) mass is 272 g/mol. The summed E-state index contributed by atoms with van der Waals surface area (Å²) in [4.78, 5) is 4.01. The third-order valence-corrected chi connectivity index (χ3v) is 2.99. The van der Waals surface area contributed by atoms with E-state index in [2.05, 4.69) is 4.98 Å². The van der Waals surface area contributed by atoms with Gasteiger partial charge in [-0.15, -0.1) is 0 Å². The largest absolute Gasteiger partial charge is 0.490 e. The minimum atomic E-state index is -0.201. The fourth-order valence-electron chi connectivity index (χ4n) is 2.02. The van der Waals surface area contributed by atoms with Crippen LogP contribution in [0.1, 0.15) is 31.0 Å². The Hall–Kier alpha value is -2.07. The quantitative estimate of drug-likeness (QED) is 0.878. The van der Waals surface area contributed by atoms with Crippen molar-refractivity contribution >= 4 is 0 Å². The normalized spacial score (nSPS) is 11.9. The molecule has 2 N–H and O–H groups in total. The van der Waals surface area contributed by atoms with Gasteiger partial charge in [0.25, 0.3) is 0 Å². The molecular weight excluding hydrogens is 252 g/mol. The summed E-state index contributed by atoms with van der Waals surface area (Å²) < 4.78 is 11.2. The lowest BCUT2D eigenvalue weighted by atomic mass is 10.0. The second-order valence-corrected chi connectivity index (χ2v) is 4.33. The minimum Gasteiger partial charge on any atom is -0.490 e. The van der Waals surface area contributed by atoms with Gasteiger partial charge in [-0.25, -0.2) is 0 Å². The highest BCUT2D eigenvalue weighted by molar-refractivity contribution is 5.45. The van der Waals surface area contributed by atoms with Crippen molar-refractivity contribution in [2.45, 2.75) is 19.9 Å². The Morgan fingerprint density at radius 1 is 0.950 bits per heavy atom. The lowest BCUT2D eigenvalue weighted by Crippen LogP contribution is -2.12. The molecule has 1 heterocycles. The summed E-state index contributed by atoms with van der Waals surface area (Å²) in [6.45, 7) is 5.10. The molecule has 2 rings (SSSR count). The van der Waals surface area contributed by atoms with Gasteiger partial charge >= 0.3 is 0 Å². The molecule has 0 amide bonds. The molecular formula is C16H20N2O2. The Labute approximate surface area is 119 Å². The van der Waals surface area contributed by atoms with Crippen molar-refractivity contribution in [3.63, 3.8) is 0 Å². The first-order valence-electron chi connectivity index (χ1n) is 6.81. The maximum absolute atomic E-state index is 6.28. The van der Waals surface area contributed by atoms with Crippen LogP contribution in [0, 0.1) is 0 Å². The predicted molar refractivity (Wildman–Crippen MR) is 79.0 cm³/mol. The zero-order chi connectivity index (χ0) is 14.4. The molecule has 20 heavy (non-hydrogen) atoms. The van der Waals surface area contributed by atoms with Gasteiger partial charge in [0.2, 0.25) is 0 Å². The Bertz CT molecular complexity index is 543. The number of pyridine rings is 1. The van der Waals surface area contributed by atoms with Crippen LogP contribution in [-0.2, 0) is 0 Å². The molecule has 0 aliphatic heterocycles. The smallest absolute Gasteiger partial charge is 0.161 e. The molecule has 0 spiro atoms. The van der Waals surface area contributed by atoms with Crippen molar-refractivity contribution in [1.29, 1.82) is 0 Å². The molecule has 1 aromatic carbocycles. The third-order valence-electron chi connectivity index (χ3n) is 2.99. The molecule has 0 aliphatic rings. The topological polar surface area (TPSA) is 57.4 Å². The van der Waals surface area contributed by atoms with Crippen molar-refractivity contribution in [2.24, 2.45) is 5.73 Å². The second-order valence-electron chi connectivity index (χ2n) is 4.33. The Balaban J connectivity index is 2.30. The summed E-state index contributed by atoms with van der Waals surface area (Å²) in [5.41, 5.74) is 8.29. The molecule has 0 fully saturated rings. The van der Waals surface area contributed by atoms with Gasteiger partial charge in [0.1, 0.15) is 0 Å². The average Bonchev–Trinajstić information content (AvgIpc) is 2.50. The number of hydrogen-bond donors (Lipinski definition) is 1. The first kappa shape index (κ1) is 14.3. The van der Waals surface area contributed by atoms with E-state index in [-0.39, 0.29) is 6.04 Å². The van der Waals surface area contributed by atoms with E-state index in [0.717, 1.165) is 22.6 Å². The summed E-state index contributed by atoms with van der Waals surface area (Å²) in [6.07, 6.45) is 3.49. The molecule has 0 bridgehead atoms. The van der Waals surface area contributed by atoms with Gasteiger partial charge in [-0.1, -0.05) is 6.07 Å². The molecule has 1 aromatic heterocycles. The van der Waals surface area contributed by atoms with E-state index in [9.17, 15) is 0 Å². The first-order valence-corrected chi connectivity index (χ1v) is 6.81. The van der Waals surface area contributed by atoms with E-state index in [1.807, 2.05) is 44.2 Å². The molecule has 106 valence electrons. The highest BCUT2D eigenvalue weighted by Gasteiger charge is 2.12. The molecule has 0 saturated carbocycles. The number of benzene rings is 1. The highest BCUT2D eigenvalue weighted by atomic mass is 16.5. The van der Waals surface area contributed by atoms with Crippen LogP contribution in [0.4, 0.5) is 0 Å². The number of nitrogens with two attached hydrogens (primary N) is 1. The summed E-state index contributed by atoms with van der Waals surface area (Å²) in [6, 6.07) is 9.46. The second kappa shape index (κ2) is 6.91. The van der Waals surface area contributed by atoms with Crippen LogP contribution in [-0.4, -0.2) is 18.2 Å². The molecule has 0 radical (unpaired) electrons. The van der Waals surface area contributed by atoms with Crippen LogP contribution in [0.3, 0.4) is 0 Å². The van der Waals surface area contributed by atoms with Crippen LogP contribution < -0.4 is 15.2 Å². The van der Waals surface area contributed by atoms with E-state index in [1.54, 1.807) is 12.4 Å². The van der Waals surface area contributed by atoms with E-state index in [0.29, 0.717) is 13.2 Å². The standard InChI is InChI=1S/C16H20N2O2/c1-3-19-14-6-5-13(11-15(14)20-4-2)16(17)12-7-9-18-10-8-12/h5-11,16H,3-4,17H2,1-2H3. The van der Waals surface area contributed by atoms with Gasteiger partial charge in [-0.05, 0) is 49.2 Å². The SMILES string of the molecule is CCOc1ccc(C(N)c2ccncc2)cc1OCC. The minimum absolute atomic E-state index is 0.201. The Morgan fingerprint density at radius 3 is 2.25 bits per heavy atom. The zero-order valence-electron chi connectivity index (χ0n) is 11.9. The molecule has 0 saturated heterocycles. The first-order chi connectivity index (χ1) is 9.76. The summed E-state index contributed by atoms with van der Waals surface area (Å²) in [7, 11) is 0. The third kappa shape index (κ3) is 3.27. The van der Waals surface area contributed by atoms with Gasteiger partial charge in [0.15, 0.2) is 11.5 Å². The van der Waals surface area contributed by atoms with Gasteiger partial charge < -0.3 is 15.2 Å². The van der Waals surface area contributed by atoms with Crippen molar-refractivity contribution < 1.29 is 9.47 Å². The van der Waals surface area contributed by atoms with Gasteiger partial charge in [-0.3, -0.25) is 4.98 Å². The predicted octanol–water partition coefficient (Wildman–Crippen LogP) is 2.93. The summed E-state index contributed by atoms with van der Waals surface area (Å²) in [5.74, 6) is 1.48. The fourth-order valence-corrected chi connectivity index (χ4v) is 2.02. The average molecular weight is 272 g/mol. The van der Waals surface area contributed by atoms with Crippen LogP contribution in [0.2, 0.25) is 0 Å². The van der Waals surface area contributed by atoms with E-state index in [4.69, 9.17) is 15.2 Å². The molecule has 4 heteroatoms. The molecule has 2 aromatic rings. The van der Waals surface area contributed by atoms with Crippen molar-refractivity contribution in [3.8, 4) is 11.5 Å². The van der Waals surface area contributed by atoms with Gasteiger partial charge in [0, 0.05) is 12.4 Å². The number of rotatable bonds is 6. The number of aromatic nitrogens is 1. The van der Waals surface area contributed by atoms with Crippen molar-refractivity contribution in [1.82, 2.24) is 4.98 Å². The maximum atomic E-state index is 6.28. The van der Waals surface area contributed by atoms with Crippen LogP contribution in [0.15, 0.2) is 42.7 Å². The fraction of sp³-hybridized carbons (Fsp3) is 0.312. The van der Waals surface area contributed by atoms with Crippen molar-refractivity contribution in [3.05, 3.63) is 53.9 Å². The van der Waals surface area contributed by atoms with Crippen LogP contribution >= 0.6 is 0 Å². The molecule has 4 nitrogen and oxygen atoms in total. The number of ether oxygens (including phenoxy) is 2. The lowest BCUT2D eigenvalue weighted by molar-refractivity contribution is 0.287. The summed E-state index contributed by atoms with van der Waals surface area (Å²) in [5, 5.41) is 0. The number of hydrogen-bond acceptors (Lipinski definition) is 4. The Kier molecular flexibility index (Phi) is 4.96. The molecule has 0 aliphatic carbocycles. The molecule has 1 atom stereocenters. The highest BCUT2D eigenvalue weighted by Crippen LogP contribution is 2.31. The van der Waals surface area contributed by atoms with E-state index < -0.39 is 0 Å². The maximum Gasteiger partial charge on any atom is 0.161 e. The van der Waals surface area contributed by atoms with Crippen LogP contribution in [0.5, 0.6) is 11.5 Å². The van der Waals surface area contributed by atoms with E-state index >= 15 is 0 Å². The molecule has 1 unspecified atom stereocenters. The van der Waals surface area contributed by atoms with Gasteiger partial charge in [0.05, 0.1) is 19.3 Å². The Morgan fingerprint density at radius 2 is 1.60 bits per heavy atom. The summed E-state index contributed by atoms with van der Waals surface area (Å²) >= 11 is 0.